The van der Waals surface area contributed by atoms with Gasteiger partial charge in [-0.05, 0) is 71.2 Å². The van der Waals surface area contributed by atoms with Crippen LogP contribution in [0.25, 0.3) is 11.1 Å². The second-order valence-corrected chi connectivity index (χ2v) is 7.72. The standard InChI is InChI=1S/C21H21F3O3/c1-21(2)10-13-6-14(22)9-15(16(13)11-21)12-7-17(23)20(18(24)8-12)27-5-3-4-19(25)26/h6-9H,3-5,10-11H2,1-2H3,(H,25,26). The largest absolute Gasteiger partial charge is 0.488 e. The van der Waals surface area contributed by atoms with Crippen molar-refractivity contribution in [2.45, 2.75) is 39.5 Å². The fraction of sp³-hybridized carbons (Fsp3) is 0.381. The van der Waals surface area contributed by atoms with E-state index in [1.165, 1.54) is 12.1 Å². The number of hydrogen-bond acceptors (Lipinski definition) is 2. The van der Waals surface area contributed by atoms with Crippen LogP contribution in [0.15, 0.2) is 24.3 Å². The number of rotatable bonds is 6. The summed E-state index contributed by atoms with van der Waals surface area (Å²) in [5.41, 5.74) is 2.50. The number of benzene rings is 2. The number of aliphatic carboxylic acids is 1. The van der Waals surface area contributed by atoms with Gasteiger partial charge in [0, 0.05) is 6.42 Å². The lowest BCUT2D eigenvalue weighted by atomic mass is 9.89. The van der Waals surface area contributed by atoms with Gasteiger partial charge in [0.25, 0.3) is 0 Å². The van der Waals surface area contributed by atoms with E-state index in [4.69, 9.17) is 9.84 Å². The molecule has 0 radical (unpaired) electrons. The minimum atomic E-state index is -1.00. The SMILES string of the molecule is CC1(C)Cc2cc(F)cc(-c3cc(F)c(OCCCC(=O)O)c(F)c3)c2C1. The second-order valence-electron chi connectivity index (χ2n) is 7.72. The third-order valence-electron chi connectivity index (χ3n) is 4.72. The normalized spacial score (nSPS) is 14.9. The highest BCUT2D eigenvalue weighted by molar-refractivity contribution is 5.71. The summed E-state index contributed by atoms with van der Waals surface area (Å²) in [4.78, 5) is 10.5. The molecule has 0 fully saturated rings. The van der Waals surface area contributed by atoms with Gasteiger partial charge in [0.1, 0.15) is 5.82 Å². The number of halogens is 3. The van der Waals surface area contributed by atoms with E-state index in [1.807, 2.05) is 0 Å². The molecule has 0 saturated heterocycles. The molecule has 0 bridgehead atoms. The van der Waals surface area contributed by atoms with Crippen molar-refractivity contribution in [3.05, 3.63) is 52.8 Å². The van der Waals surface area contributed by atoms with E-state index in [0.29, 0.717) is 18.4 Å². The predicted molar refractivity (Wildman–Crippen MR) is 95.3 cm³/mol. The van der Waals surface area contributed by atoms with Crippen LogP contribution in [0.3, 0.4) is 0 Å². The number of carboxylic acid groups (broad SMARTS) is 1. The molecule has 0 amide bonds. The lowest BCUT2D eigenvalue weighted by Gasteiger charge is -2.16. The first-order valence-corrected chi connectivity index (χ1v) is 8.81. The molecule has 6 heteroatoms. The summed E-state index contributed by atoms with van der Waals surface area (Å²) in [6.07, 6.45) is 1.41. The third kappa shape index (κ3) is 4.26. The summed E-state index contributed by atoms with van der Waals surface area (Å²) in [5, 5.41) is 8.58. The van der Waals surface area contributed by atoms with Gasteiger partial charge < -0.3 is 9.84 Å². The van der Waals surface area contributed by atoms with Crippen molar-refractivity contribution >= 4 is 5.97 Å². The van der Waals surface area contributed by atoms with E-state index in [1.54, 1.807) is 0 Å². The Bertz CT molecular complexity index is 867. The Balaban J connectivity index is 1.90. The molecule has 3 rings (SSSR count). The van der Waals surface area contributed by atoms with Crippen molar-refractivity contribution in [1.82, 2.24) is 0 Å². The number of hydrogen-bond donors (Lipinski definition) is 1. The van der Waals surface area contributed by atoms with Crippen LogP contribution in [0.1, 0.15) is 37.8 Å². The van der Waals surface area contributed by atoms with Crippen molar-refractivity contribution in [2.75, 3.05) is 6.61 Å². The predicted octanol–water partition coefficient (Wildman–Crippen LogP) is 5.14. The van der Waals surface area contributed by atoms with Crippen molar-refractivity contribution in [3.63, 3.8) is 0 Å². The molecule has 1 aliphatic rings. The maximum Gasteiger partial charge on any atom is 0.303 e. The Labute approximate surface area is 155 Å². The highest BCUT2D eigenvalue weighted by Crippen LogP contribution is 2.42. The van der Waals surface area contributed by atoms with Crippen LogP contribution in [0.5, 0.6) is 5.75 Å². The molecular formula is C21H21F3O3. The third-order valence-corrected chi connectivity index (χ3v) is 4.72. The van der Waals surface area contributed by atoms with Crippen LogP contribution >= 0.6 is 0 Å². The van der Waals surface area contributed by atoms with Crippen molar-refractivity contribution in [1.29, 1.82) is 0 Å². The topological polar surface area (TPSA) is 46.5 Å². The first-order chi connectivity index (χ1) is 12.7. The molecule has 1 aliphatic carbocycles. The molecule has 0 atom stereocenters. The van der Waals surface area contributed by atoms with Gasteiger partial charge in [-0.2, -0.15) is 0 Å². The quantitative estimate of drug-likeness (QED) is 0.708. The van der Waals surface area contributed by atoms with Crippen LogP contribution in [-0.4, -0.2) is 17.7 Å². The molecule has 27 heavy (non-hydrogen) atoms. The first kappa shape index (κ1) is 19.3. The fourth-order valence-electron chi connectivity index (χ4n) is 3.62. The lowest BCUT2D eigenvalue weighted by molar-refractivity contribution is -0.137. The summed E-state index contributed by atoms with van der Waals surface area (Å²) in [6.45, 7) is 4.04. The number of carboxylic acids is 1. The molecule has 1 N–H and O–H groups in total. The fourth-order valence-corrected chi connectivity index (χ4v) is 3.62. The van der Waals surface area contributed by atoms with Crippen molar-refractivity contribution in [3.8, 4) is 16.9 Å². The molecule has 0 aliphatic heterocycles. The van der Waals surface area contributed by atoms with E-state index in [2.05, 4.69) is 13.8 Å². The van der Waals surface area contributed by atoms with Gasteiger partial charge in [0.05, 0.1) is 6.61 Å². The molecule has 0 heterocycles. The zero-order chi connectivity index (χ0) is 19.8. The number of ether oxygens (including phenoxy) is 1. The van der Waals surface area contributed by atoms with Gasteiger partial charge in [-0.15, -0.1) is 0 Å². The highest BCUT2D eigenvalue weighted by Gasteiger charge is 2.31. The minimum Gasteiger partial charge on any atom is -0.488 e. The van der Waals surface area contributed by atoms with Crippen LogP contribution in [0, 0.1) is 22.9 Å². The molecule has 0 saturated carbocycles. The van der Waals surface area contributed by atoms with Gasteiger partial charge in [-0.1, -0.05) is 13.8 Å². The monoisotopic (exact) mass is 378 g/mol. The van der Waals surface area contributed by atoms with Gasteiger partial charge in [-0.25, -0.2) is 13.2 Å². The van der Waals surface area contributed by atoms with E-state index in [-0.39, 0.29) is 30.4 Å². The Hall–Kier alpha value is -2.50. The van der Waals surface area contributed by atoms with Crippen molar-refractivity contribution in [2.24, 2.45) is 5.41 Å². The van der Waals surface area contributed by atoms with Gasteiger partial charge in [0.15, 0.2) is 17.4 Å². The summed E-state index contributed by atoms with van der Waals surface area (Å²) >= 11 is 0. The zero-order valence-electron chi connectivity index (χ0n) is 15.2. The summed E-state index contributed by atoms with van der Waals surface area (Å²) < 4.78 is 47.9. The van der Waals surface area contributed by atoms with E-state index >= 15 is 0 Å². The Morgan fingerprint density at radius 1 is 1.11 bits per heavy atom. The maximum atomic E-state index is 14.4. The van der Waals surface area contributed by atoms with E-state index in [9.17, 15) is 18.0 Å². The number of fused-ring (bicyclic) bond motifs is 1. The van der Waals surface area contributed by atoms with E-state index < -0.39 is 29.2 Å². The van der Waals surface area contributed by atoms with Crippen LogP contribution < -0.4 is 4.74 Å². The summed E-state index contributed by atoms with van der Waals surface area (Å²) in [6, 6.07) is 5.06. The molecule has 144 valence electrons. The number of carbonyl (C=O) groups is 1. The zero-order valence-corrected chi connectivity index (χ0v) is 15.2. The second kappa shape index (κ2) is 7.25. The average molecular weight is 378 g/mol. The molecule has 3 nitrogen and oxygen atoms in total. The van der Waals surface area contributed by atoms with Gasteiger partial charge >= 0.3 is 5.97 Å². The molecule has 0 spiro atoms. The smallest absolute Gasteiger partial charge is 0.303 e. The van der Waals surface area contributed by atoms with Crippen LogP contribution in [0.4, 0.5) is 13.2 Å². The summed E-state index contributed by atoms with van der Waals surface area (Å²) in [5.74, 6) is -3.77. The van der Waals surface area contributed by atoms with Gasteiger partial charge in [-0.3, -0.25) is 4.79 Å². The maximum absolute atomic E-state index is 14.4. The molecule has 0 aromatic heterocycles. The van der Waals surface area contributed by atoms with Crippen LogP contribution in [-0.2, 0) is 17.6 Å². The Morgan fingerprint density at radius 2 is 1.78 bits per heavy atom. The minimum absolute atomic E-state index is 0.0326. The van der Waals surface area contributed by atoms with Crippen molar-refractivity contribution < 1.29 is 27.8 Å². The molecule has 0 unspecified atom stereocenters. The molecule has 2 aromatic carbocycles. The van der Waals surface area contributed by atoms with E-state index in [0.717, 1.165) is 23.3 Å². The Kier molecular flexibility index (Phi) is 5.18. The average Bonchev–Trinajstić information content (AvgIpc) is 2.85. The highest BCUT2D eigenvalue weighted by atomic mass is 19.1. The first-order valence-electron chi connectivity index (χ1n) is 8.81. The van der Waals surface area contributed by atoms with Crippen LogP contribution in [0.2, 0.25) is 0 Å². The molecular weight excluding hydrogens is 357 g/mol. The molecule has 2 aromatic rings. The van der Waals surface area contributed by atoms with Gasteiger partial charge in [0.2, 0.25) is 0 Å². The Morgan fingerprint density at radius 3 is 2.41 bits per heavy atom. The lowest BCUT2D eigenvalue weighted by Crippen LogP contribution is -2.09. The summed E-state index contributed by atoms with van der Waals surface area (Å²) in [7, 11) is 0.